The van der Waals surface area contributed by atoms with Crippen molar-refractivity contribution >= 4 is 23.3 Å². The van der Waals surface area contributed by atoms with Gasteiger partial charge in [-0.15, -0.1) is 0 Å². The lowest BCUT2D eigenvalue weighted by Gasteiger charge is -2.15. The summed E-state index contributed by atoms with van der Waals surface area (Å²) in [5, 5.41) is 0. The number of anilines is 1. The smallest absolute Gasteiger partial charge is 0.238 e. The molecule has 2 amide bonds. The Morgan fingerprint density at radius 1 is 0.758 bits per heavy atom. The normalized spacial score (nSPS) is 19.5. The fourth-order valence-electron chi connectivity index (χ4n) is 4.46. The summed E-state index contributed by atoms with van der Waals surface area (Å²) in [7, 11) is 0. The molecule has 3 aromatic rings. The molecule has 5 nitrogen and oxygen atoms in total. The summed E-state index contributed by atoms with van der Waals surface area (Å²) in [6, 6.07) is 24.2. The molecule has 0 spiro atoms. The van der Waals surface area contributed by atoms with Gasteiger partial charge in [0.2, 0.25) is 11.8 Å². The van der Waals surface area contributed by atoms with Crippen LogP contribution in [0, 0.1) is 11.8 Å². The SMILES string of the molecule is O=C(COc1ccc(N2C(=O)[C@H]3CC=CC[C@H]3C2=O)cc1)c1ccc(-c2ccccc2)cc1. The first-order chi connectivity index (χ1) is 16.1. The Kier molecular flexibility index (Phi) is 5.61. The van der Waals surface area contributed by atoms with Crippen molar-refractivity contribution in [1.82, 2.24) is 0 Å². The van der Waals surface area contributed by atoms with Crippen LogP contribution in [-0.2, 0) is 9.59 Å². The number of hydrogen-bond donors (Lipinski definition) is 0. The van der Waals surface area contributed by atoms with Crippen LogP contribution in [0.3, 0.4) is 0 Å². The predicted octanol–water partition coefficient (Wildman–Crippen LogP) is 5.07. The third-order valence-electron chi connectivity index (χ3n) is 6.29. The molecule has 0 N–H and O–H groups in total. The third-order valence-corrected chi connectivity index (χ3v) is 6.29. The van der Waals surface area contributed by atoms with E-state index in [-0.39, 0.29) is 36.0 Å². The summed E-state index contributed by atoms with van der Waals surface area (Å²) < 4.78 is 5.66. The minimum Gasteiger partial charge on any atom is -0.485 e. The zero-order chi connectivity index (χ0) is 22.8. The van der Waals surface area contributed by atoms with Gasteiger partial charge in [0.1, 0.15) is 5.75 Å². The first-order valence-electron chi connectivity index (χ1n) is 11.1. The number of nitrogens with zero attached hydrogens (tertiary/aromatic N) is 1. The third kappa shape index (κ3) is 4.10. The Balaban J connectivity index is 1.21. The van der Waals surface area contributed by atoms with Crippen LogP contribution in [0.5, 0.6) is 5.75 Å². The van der Waals surface area contributed by atoms with Gasteiger partial charge in [0, 0.05) is 5.56 Å². The summed E-state index contributed by atoms with van der Waals surface area (Å²) in [6.45, 7) is -0.0958. The summed E-state index contributed by atoms with van der Waals surface area (Å²) in [5.41, 5.74) is 3.26. The first kappa shape index (κ1) is 20.9. The number of imide groups is 1. The highest BCUT2D eigenvalue weighted by Crippen LogP contribution is 2.38. The van der Waals surface area contributed by atoms with E-state index in [1.165, 1.54) is 4.90 Å². The maximum absolute atomic E-state index is 12.7. The van der Waals surface area contributed by atoms with Crippen LogP contribution >= 0.6 is 0 Å². The van der Waals surface area contributed by atoms with Gasteiger partial charge in [-0.3, -0.25) is 19.3 Å². The molecule has 1 aliphatic carbocycles. The highest BCUT2D eigenvalue weighted by atomic mass is 16.5. The number of carbonyl (C=O) groups is 3. The maximum Gasteiger partial charge on any atom is 0.238 e. The van der Waals surface area contributed by atoms with E-state index in [1.807, 2.05) is 54.6 Å². The van der Waals surface area contributed by atoms with Gasteiger partial charge in [0.05, 0.1) is 17.5 Å². The summed E-state index contributed by atoms with van der Waals surface area (Å²) in [6.07, 6.45) is 5.17. The van der Waals surface area contributed by atoms with Crippen molar-refractivity contribution in [3.8, 4) is 16.9 Å². The number of carbonyl (C=O) groups excluding carboxylic acids is 3. The lowest BCUT2D eigenvalue weighted by molar-refractivity contribution is -0.122. The second-order valence-corrected chi connectivity index (χ2v) is 8.32. The molecular weight excluding hydrogens is 414 g/mol. The number of Topliss-reactive ketones (excluding diaryl/α,β-unsaturated/α-hetero) is 1. The lowest BCUT2D eigenvalue weighted by Crippen LogP contribution is -2.30. The van der Waals surface area contributed by atoms with Gasteiger partial charge in [-0.1, -0.05) is 66.7 Å². The Bertz CT molecular complexity index is 1190. The molecule has 0 bridgehead atoms. The van der Waals surface area contributed by atoms with Crippen molar-refractivity contribution in [2.24, 2.45) is 11.8 Å². The number of ketones is 1. The highest BCUT2D eigenvalue weighted by Gasteiger charge is 2.47. The van der Waals surface area contributed by atoms with Gasteiger partial charge < -0.3 is 4.74 Å². The Morgan fingerprint density at radius 2 is 1.33 bits per heavy atom. The van der Waals surface area contributed by atoms with Crippen molar-refractivity contribution in [3.05, 3.63) is 96.6 Å². The number of hydrogen-bond acceptors (Lipinski definition) is 4. The molecule has 33 heavy (non-hydrogen) atoms. The first-order valence-corrected chi connectivity index (χ1v) is 11.1. The molecule has 1 fully saturated rings. The molecule has 2 atom stereocenters. The lowest BCUT2D eigenvalue weighted by atomic mass is 9.85. The maximum atomic E-state index is 12.7. The average molecular weight is 437 g/mol. The van der Waals surface area contributed by atoms with E-state index in [4.69, 9.17) is 4.74 Å². The highest BCUT2D eigenvalue weighted by molar-refractivity contribution is 6.22. The predicted molar refractivity (Wildman–Crippen MR) is 126 cm³/mol. The van der Waals surface area contributed by atoms with Crippen LogP contribution in [0.25, 0.3) is 11.1 Å². The molecule has 5 heteroatoms. The van der Waals surface area contributed by atoms with Crippen LogP contribution in [0.1, 0.15) is 23.2 Å². The number of rotatable bonds is 6. The van der Waals surface area contributed by atoms with Gasteiger partial charge in [0.15, 0.2) is 12.4 Å². The molecule has 0 aromatic heterocycles. The molecule has 3 aromatic carbocycles. The van der Waals surface area contributed by atoms with Gasteiger partial charge in [-0.25, -0.2) is 0 Å². The minimum atomic E-state index is -0.260. The Morgan fingerprint density at radius 3 is 1.94 bits per heavy atom. The standard InChI is InChI=1S/C28H23NO4/c30-26(21-12-10-20(11-13-21)19-6-2-1-3-7-19)18-33-23-16-14-22(15-17-23)29-27(31)24-8-4-5-9-25(24)28(29)32/h1-7,10-17,24-25H,8-9,18H2/t24-,25+. The fraction of sp³-hybridized carbons (Fsp3) is 0.179. The molecule has 0 saturated carbocycles. The van der Waals surface area contributed by atoms with E-state index < -0.39 is 0 Å². The monoisotopic (exact) mass is 437 g/mol. The molecule has 5 rings (SSSR count). The molecule has 2 aliphatic rings. The molecular formula is C28H23NO4. The minimum absolute atomic E-state index is 0.0958. The van der Waals surface area contributed by atoms with Crippen LogP contribution in [0.4, 0.5) is 5.69 Å². The number of amides is 2. The van der Waals surface area contributed by atoms with E-state index in [2.05, 4.69) is 0 Å². The van der Waals surface area contributed by atoms with E-state index in [0.717, 1.165) is 11.1 Å². The number of fused-ring (bicyclic) bond motifs is 1. The second kappa shape index (κ2) is 8.87. The largest absolute Gasteiger partial charge is 0.485 e. The summed E-state index contributed by atoms with van der Waals surface area (Å²) in [5.74, 6) is -0.422. The van der Waals surface area contributed by atoms with Gasteiger partial charge >= 0.3 is 0 Å². The number of allylic oxidation sites excluding steroid dienone is 2. The average Bonchev–Trinajstić information content (AvgIpc) is 3.13. The van der Waals surface area contributed by atoms with E-state index in [1.54, 1.807) is 36.4 Å². The van der Waals surface area contributed by atoms with Crippen LogP contribution in [0.15, 0.2) is 91.0 Å². The van der Waals surface area contributed by atoms with E-state index >= 15 is 0 Å². The number of ether oxygens (including phenoxy) is 1. The molecule has 1 heterocycles. The quantitative estimate of drug-likeness (QED) is 0.307. The Labute approximate surface area is 192 Å². The fourth-order valence-corrected chi connectivity index (χ4v) is 4.46. The van der Waals surface area contributed by atoms with E-state index in [9.17, 15) is 14.4 Å². The van der Waals surface area contributed by atoms with Gasteiger partial charge in [-0.2, -0.15) is 0 Å². The van der Waals surface area contributed by atoms with Gasteiger partial charge in [0.25, 0.3) is 0 Å². The van der Waals surface area contributed by atoms with Gasteiger partial charge in [-0.05, 0) is 48.2 Å². The number of benzene rings is 3. The van der Waals surface area contributed by atoms with Crippen molar-refractivity contribution in [2.45, 2.75) is 12.8 Å². The zero-order valence-corrected chi connectivity index (χ0v) is 18.0. The summed E-state index contributed by atoms with van der Waals surface area (Å²) in [4.78, 5) is 39.3. The zero-order valence-electron chi connectivity index (χ0n) is 18.0. The molecule has 1 saturated heterocycles. The molecule has 0 radical (unpaired) electrons. The Hall–Kier alpha value is -3.99. The van der Waals surface area contributed by atoms with Crippen LogP contribution < -0.4 is 9.64 Å². The summed E-state index contributed by atoms with van der Waals surface area (Å²) >= 11 is 0. The second-order valence-electron chi connectivity index (χ2n) is 8.32. The van der Waals surface area contributed by atoms with Crippen LogP contribution in [0.2, 0.25) is 0 Å². The molecule has 0 unspecified atom stereocenters. The van der Waals surface area contributed by atoms with Crippen molar-refractivity contribution < 1.29 is 19.1 Å². The van der Waals surface area contributed by atoms with E-state index in [0.29, 0.717) is 29.8 Å². The van der Waals surface area contributed by atoms with Crippen molar-refractivity contribution in [3.63, 3.8) is 0 Å². The molecule has 164 valence electrons. The topological polar surface area (TPSA) is 63.7 Å². The van der Waals surface area contributed by atoms with Crippen molar-refractivity contribution in [2.75, 3.05) is 11.5 Å². The molecule has 1 aliphatic heterocycles. The van der Waals surface area contributed by atoms with Crippen LogP contribution in [-0.4, -0.2) is 24.2 Å². The van der Waals surface area contributed by atoms with Crippen molar-refractivity contribution in [1.29, 1.82) is 0 Å².